The molecule has 3 aromatic rings. The summed E-state index contributed by atoms with van der Waals surface area (Å²) in [6.07, 6.45) is -10.2. The van der Waals surface area contributed by atoms with E-state index in [2.05, 4.69) is 10.6 Å². The minimum atomic E-state index is -5.08. The number of benzene rings is 3. The summed E-state index contributed by atoms with van der Waals surface area (Å²) in [5, 5.41) is 29.2. The van der Waals surface area contributed by atoms with Gasteiger partial charge in [-0.3, -0.25) is 5.41 Å². The summed E-state index contributed by atoms with van der Waals surface area (Å²) in [7, 11) is 0. The lowest BCUT2D eigenvalue weighted by Crippen LogP contribution is -2.21. The van der Waals surface area contributed by atoms with Crippen molar-refractivity contribution in [1.82, 2.24) is 0 Å². The number of carboxylic acid groups (broad SMARTS) is 2. The average molecular weight is 561 g/mol. The Morgan fingerprint density at radius 3 is 1.59 bits per heavy atom. The van der Waals surface area contributed by atoms with Crippen LogP contribution in [0.3, 0.4) is 0 Å². The third-order valence-corrected chi connectivity index (χ3v) is 4.34. The van der Waals surface area contributed by atoms with Crippen LogP contribution in [0.5, 0.6) is 0 Å². The molecule has 0 fully saturated rings. The zero-order valence-corrected chi connectivity index (χ0v) is 19.5. The molecule has 0 aliphatic carbocycles. The maximum absolute atomic E-state index is 12.1. The van der Waals surface area contributed by atoms with E-state index in [0.717, 1.165) is 16.3 Å². The van der Waals surface area contributed by atoms with E-state index in [1.165, 1.54) is 0 Å². The number of hydrogen-bond acceptors (Lipinski definition) is 5. The number of amidine groups is 1. The lowest BCUT2D eigenvalue weighted by atomic mass is 10.1. The molecule has 3 aromatic carbocycles. The standard InChI is InChI=1S/C19H19N5O.2C2HF3O2/c20-11-12-1-6-16(7-2-12)23-19(25)24-17-8-5-13-9-15(18(21)22)4-3-14(13)10-17;2*3-2(4,5)1(6)7/h1-10H,11,20H2,(H3,21,22)(H2,23,24,25);2*(H,6,7). The second kappa shape index (κ2) is 13.6. The molecule has 0 aliphatic rings. The van der Waals surface area contributed by atoms with Crippen molar-refractivity contribution >= 4 is 46.0 Å². The molecule has 0 atom stereocenters. The molecule has 9 N–H and O–H groups in total. The number of alkyl halides is 6. The van der Waals surface area contributed by atoms with Crippen molar-refractivity contribution in [3.05, 3.63) is 71.8 Å². The van der Waals surface area contributed by atoms with Crippen LogP contribution in [0.1, 0.15) is 11.1 Å². The van der Waals surface area contributed by atoms with Crippen LogP contribution in [0.2, 0.25) is 0 Å². The van der Waals surface area contributed by atoms with Crippen LogP contribution in [0, 0.1) is 5.41 Å². The van der Waals surface area contributed by atoms with Crippen LogP contribution in [0.4, 0.5) is 42.5 Å². The molecule has 39 heavy (non-hydrogen) atoms. The molecule has 0 aromatic heterocycles. The van der Waals surface area contributed by atoms with Crippen LogP contribution < -0.4 is 22.1 Å². The molecule has 0 spiro atoms. The molecule has 0 saturated heterocycles. The number of halogens is 6. The van der Waals surface area contributed by atoms with Crippen LogP contribution in [0.15, 0.2) is 60.7 Å². The Kier molecular flexibility index (Phi) is 11.2. The van der Waals surface area contributed by atoms with Gasteiger partial charge in [0.1, 0.15) is 5.84 Å². The molecule has 0 radical (unpaired) electrons. The van der Waals surface area contributed by atoms with Gasteiger partial charge in [-0.25, -0.2) is 14.4 Å². The van der Waals surface area contributed by atoms with Crippen LogP contribution in [-0.2, 0) is 16.1 Å². The molecule has 0 heterocycles. The van der Waals surface area contributed by atoms with Gasteiger partial charge in [0.15, 0.2) is 0 Å². The Morgan fingerprint density at radius 1 is 0.744 bits per heavy atom. The number of nitrogens with two attached hydrogens (primary N) is 2. The zero-order valence-electron chi connectivity index (χ0n) is 19.5. The van der Waals surface area contributed by atoms with Gasteiger partial charge in [0, 0.05) is 23.5 Å². The maximum Gasteiger partial charge on any atom is 0.490 e. The van der Waals surface area contributed by atoms with Crippen molar-refractivity contribution in [3.8, 4) is 0 Å². The Bertz CT molecular complexity index is 1300. The van der Waals surface area contributed by atoms with Crippen LogP contribution in [0.25, 0.3) is 10.8 Å². The van der Waals surface area contributed by atoms with Crippen molar-refractivity contribution in [2.75, 3.05) is 10.6 Å². The number of rotatable bonds is 4. The molecule has 16 heteroatoms. The largest absolute Gasteiger partial charge is 0.490 e. The van der Waals surface area contributed by atoms with Crippen molar-refractivity contribution in [2.24, 2.45) is 11.5 Å². The van der Waals surface area contributed by atoms with Gasteiger partial charge in [-0.1, -0.05) is 30.3 Å². The summed E-state index contributed by atoms with van der Waals surface area (Å²) in [5.74, 6) is -5.48. The van der Waals surface area contributed by atoms with E-state index >= 15 is 0 Å². The van der Waals surface area contributed by atoms with E-state index < -0.39 is 24.3 Å². The zero-order chi connectivity index (χ0) is 30.0. The molecule has 210 valence electrons. The van der Waals surface area contributed by atoms with Crippen molar-refractivity contribution in [2.45, 2.75) is 18.9 Å². The van der Waals surface area contributed by atoms with Gasteiger partial charge in [0.25, 0.3) is 0 Å². The molecular formula is C23H21F6N5O5. The summed E-state index contributed by atoms with van der Waals surface area (Å²) in [5.41, 5.74) is 14.1. The number of hydrogen-bond donors (Lipinski definition) is 7. The third-order valence-electron chi connectivity index (χ3n) is 4.34. The number of nitrogens with one attached hydrogen (secondary N) is 3. The first-order chi connectivity index (χ1) is 17.9. The van der Waals surface area contributed by atoms with E-state index in [0.29, 0.717) is 23.5 Å². The van der Waals surface area contributed by atoms with Crippen molar-refractivity contribution in [1.29, 1.82) is 5.41 Å². The number of urea groups is 1. The highest BCUT2D eigenvalue weighted by Crippen LogP contribution is 2.21. The summed E-state index contributed by atoms with van der Waals surface area (Å²) in [4.78, 5) is 29.9. The highest BCUT2D eigenvalue weighted by atomic mass is 19.4. The predicted octanol–water partition coefficient (Wildman–Crippen LogP) is 4.49. The van der Waals surface area contributed by atoms with E-state index in [1.807, 2.05) is 54.6 Å². The maximum atomic E-state index is 12.1. The summed E-state index contributed by atoms with van der Waals surface area (Å²) in [6, 6.07) is 18.1. The monoisotopic (exact) mass is 561 g/mol. The van der Waals surface area contributed by atoms with E-state index in [9.17, 15) is 31.1 Å². The Labute approximate surface area is 215 Å². The van der Waals surface area contributed by atoms with Gasteiger partial charge < -0.3 is 32.3 Å². The van der Waals surface area contributed by atoms with Gasteiger partial charge in [-0.15, -0.1) is 0 Å². The van der Waals surface area contributed by atoms with E-state index in [-0.39, 0.29) is 11.9 Å². The first-order valence-electron chi connectivity index (χ1n) is 10.3. The summed E-state index contributed by atoms with van der Waals surface area (Å²) < 4.78 is 63.5. The van der Waals surface area contributed by atoms with Gasteiger partial charge in [0.2, 0.25) is 0 Å². The first kappa shape index (κ1) is 32.2. The molecule has 0 aliphatic heterocycles. The Hall–Kier alpha value is -4.86. The number of carbonyl (C=O) groups is 3. The Morgan fingerprint density at radius 2 is 1.15 bits per heavy atom. The highest BCUT2D eigenvalue weighted by molar-refractivity contribution is 6.02. The first-order valence-corrected chi connectivity index (χ1v) is 10.3. The third kappa shape index (κ3) is 11.4. The molecule has 2 amide bonds. The fourth-order valence-corrected chi connectivity index (χ4v) is 2.51. The molecule has 3 rings (SSSR count). The minimum Gasteiger partial charge on any atom is -0.475 e. The molecular weight excluding hydrogens is 540 g/mol. The molecule has 0 bridgehead atoms. The van der Waals surface area contributed by atoms with Gasteiger partial charge >= 0.3 is 30.3 Å². The highest BCUT2D eigenvalue weighted by Gasteiger charge is 2.38. The van der Waals surface area contributed by atoms with Crippen LogP contribution in [-0.4, -0.2) is 46.4 Å². The number of aliphatic carboxylic acids is 2. The lowest BCUT2D eigenvalue weighted by molar-refractivity contribution is -0.193. The number of fused-ring (bicyclic) bond motifs is 1. The number of anilines is 2. The SMILES string of the molecule is N=C(N)c1ccc2cc(NC(=O)Nc3ccc(CN)cc3)ccc2c1.O=C(O)C(F)(F)F.O=C(O)C(F)(F)F. The van der Waals surface area contributed by atoms with Gasteiger partial charge in [-0.05, 0) is 46.7 Å². The number of amides is 2. The molecule has 10 nitrogen and oxygen atoms in total. The molecule has 0 saturated carbocycles. The second-order valence-electron chi connectivity index (χ2n) is 7.28. The number of carboxylic acids is 2. The van der Waals surface area contributed by atoms with Gasteiger partial charge in [-0.2, -0.15) is 26.3 Å². The fraction of sp³-hybridized carbons (Fsp3) is 0.130. The normalized spacial score (nSPS) is 10.7. The van der Waals surface area contributed by atoms with Crippen LogP contribution >= 0.6 is 0 Å². The average Bonchev–Trinajstić information content (AvgIpc) is 2.83. The predicted molar refractivity (Wildman–Crippen MR) is 129 cm³/mol. The minimum absolute atomic E-state index is 0.0316. The number of nitrogen functional groups attached to an aromatic ring is 1. The number of carbonyl (C=O) groups excluding carboxylic acids is 1. The van der Waals surface area contributed by atoms with Crippen molar-refractivity contribution < 1.29 is 50.9 Å². The molecule has 0 unspecified atom stereocenters. The summed E-state index contributed by atoms with van der Waals surface area (Å²) in [6.45, 7) is 0.467. The fourth-order valence-electron chi connectivity index (χ4n) is 2.51. The van der Waals surface area contributed by atoms with E-state index in [4.69, 9.17) is 36.7 Å². The summed E-state index contributed by atoms with van der Waals surface area (Å²) >= 11 is 0. The smallest absolute Gasteiger partial charge is 0.475 e. The Balaban J connectivity index is 0.000000449. The topological polar surface area (TPSA) is 192 Å². The lowest BCUT2D eigenvalue weighted by Gasteiger charge is -2.09. The van der Waals surface area contributed by atoms with Gasteiger partial charge in [0.05, 0.1) is 0 Å². The second-order valence-corrected chi connectivity index (χ2v) is 7.28. The quantitative estimate of drug-likeness (QED) is 0.139. The van der Waals surface area contributed by atoms with Crippen molar-refractivity contribution in [3.63, 3.8) is 0 Å². The van der Waals surface area contributed by atoms with E-state index in [1.54, 1.807) is 6.07 Å².